The van der Waals surface area contributed by atoms with E-state index >= 15 is 0 Å². The van der Waals surface area contributed by atoms with Crippen molar-refractivity contribution in [3.05, 3.63) is 175 Å². The summed E-state index contributed by atoms with van der Waals surface area (Å²) in [5.41, 5.74) is 9.76. The van der Waals surface area contributed by atoms with Crippen LogP contribution in [-0.2, 0) is 5.41 Å². The van der Waals surface area contributed by atoms with E-state index in [2.05, 4.69) is 141 Å². The highest BCUT2D eigenvalue weighted by Crippen LogP contribution is 2.55. The largest absolute Gasteiger partial charge is 0.449 e. The molecule has 0 saturated carbocycles. The molecule has 8 aromatic carbocycles. The van der Waals surface area contributed by atoms with E-state index in [1.807, 2.05) is 36.4 Å². The van der Waals surface area contributed by atoms with Crippen molar-refractivity contribution in [1.82, 2.24) is 15.0 Å². The molecule has 0 unspecified atom stereocenters. The van der Waals surface area contributed by atoms with E-state index in [0.717, 1.165) is 44.7 Å². The molecule has 1 aliphatic heterocycles. The SMILES string of the molecule is CC1(C)c2ccccc2-c2cc3c(cc21)Oc1cc(-c2ccc(-c4nc(-c5ccccc5)nc(-c5ccc6c(ccc7ccccc76)c5)n4)cc2)ccc1O3. The van der Waals surface area contributed by atoms with E-state index in [9.17, 15) is 0 Å². The van der Waals surface area contributed by atoms with Crippen molar-refractivity contribution >= 4 is 21.5 Å². The number of benzene rings is 8. The molecule has 2 heterocycles. The molecule has 0 fully saturated rings. The van der Waals surface area contributed by atoms with Crippen LogP contribution in [0.2, 0.25) is 0 Å². The molecule has 9 aromatic rings. The minimum Gasteiger partial charge on any atom is -0.449 e. The van der Waals surface area contributed by atoms with Gasteiger partial charge < -0.3 is 9.47 Å². The fourth-order valence-electron chi connectivity index (χ4n) is 8.27. The second-order valence-electron chi connectivity index (χ2n) is 14.9. The first-order valence-corrected chi connectivity index (χ1v) is 18.6. The lowest BCUT2D eigenvalue weighted by atomic mass is 9.82. The van der Waals surface area contributed by atoms with Crippen LogP contribution in [0, 0.1) is 0 Å². The molecule has 260 valence electrons. The number of fused-ring (bicyclic) bond motifs is 8. The zero-order valence-electron chi connectivity index (χ0n) is 30.2. The van der Waals surface area contributed by atoms with Crippen LogP contribution in [0.5, 0.6) is 23.0 Å². The van der Waals surface area contributed by atoms with Crippen molar-refractivity contribution in [2.24, 2.45) is 0 Å². The lowest BCUT2D eigenvalue weighted by Gasteiger charge is -2.25. The Kier molecular flexibility index (Phi) is 6.83. The quantitative estimate of drug-likeness (QED) is 0.170. The average Bonchev–Trinajstić information content (AvgIpc) is 3.46. The van der Waals surface area contributed by atoms with Gasteiger partial charge in [0.1, 0.15) is 0 Å². The Morgan fingerprint density at radius 2 is 0.945 bits per heavy atom. The molecule has 0 bridgehead atoms. The molecule has 2 aliphatic rings. The second-order valence-corrected chi connectivity index (χ2v) is 14.9. The molecule has 1 aliphatic carbocycles. The maximum Gasteiger partial charge on any atom is 0.170 e. The van der Waals surface area contributed by atoms with Crippen molar-refractivity contribution in [1.29, 1.82) is 0 Å². The Bertz CT molecular complexity index is 3010. The van der Waals surface area contributed by atoms with E-state index in [0.29, 0.717) is 29.0 Å². The highest BCUT2D eigenvalue weighted by atomic mass is 16.6. The molecule has 0 spiro atoms. The third-order valence-corrected chi connectivity index (χ3v) is 11.2. The van der Waals surface area contributed by atoms with Gasteiger partial charge >= 0.3 is 0 Å². The van der Waals surface area contributed by atoms with E-state index in [4.69, 9.17) is 24.4 Å². The maximum atomic E-state index is 6.56. The van der Waals surface area contributed by atoms with Gasteiger partial charge in [-0.2, -0.15) is 0 Å². The molecule has 0 N–H and O–H groups in total. The lowest BCUT2D eigenvalue weighted by Crippen LogP contribution is -2.15. The van der Waals surface area contributed by atoms with Crippen molar-refractivity contribution in [2.45, 2.75) is 19.3 Å². The number of ether oxygens (including phenoxy) is 2. The molecule has 0 saturated heterocycles. The zero-order chi connectivity index (χ0) is 36.7. The normalized spacial score (nSPS) is 13.3. The Hall–Kier alpha value is -7.11. The molecule has 55 heavy (non-hydrogen) atoms. The van der Waals surface area contributed by atoms with Crippen LogP contribution in [0.3, 0.4) is 0 Å². The highest BCUT2D eigenvalue weighted by Gasteiger charge is 2.37. The number of hydrogen-bond acceptors (Lipinski definition) is 5. The Morgan fingerprint density at radius 3 is 1.78 bits per heavy atom. The number of nitrogens with zero attached hydrogens (tertiary/aromatic N) is 3. The second kappa shape index (κ2) is 12.0. The Balaban J connectivity index is 0.927. The third kappa shape index (κ3) is 5.12. The van der Waals surface area contributed by atoms with E-state index in [1.54, 1.807) is 0 Å². The van der Waals surface area contributed by atoms with Crippen LogP contribution in [0.4, 0.5) is 0 Å². The molecular formula is C50H33N3O2. The van der Waals surface area contributed by atoms with Gasteiger partial charge in [0.25, 0.3) is 0 Å². The minimum absolute atomic E-state index is 0.125. The Labute approximate surface area is 318 Å². The van der Waals surface area contributed by atoms with Crippen molar-refractivity contribution in [3.63, 3.8) is 0 Å². The lowest BCUT2D eigenvalue weighted by molar-refractivity contribution is 0.359. The molecule has 1 aromatic heterocycles. The maximum absolute atomic E-state index is 6.56. The molecule has 5 nitrogen and oxygen atoms in total. The van der Waals surface area contributed by atoms with Crippen LogP contribution in [0.1, 0.15) is 25.0 Å². The highest BCUT2D eigenvalue weighted by molar-refractivity contribution is 6.08. The van der Waals surface area contributed by atoms with Gasteiger partial charge in [-0.05, 0) is 85.3 Å². The number of hydrogen-bond donors (Lipinski definition) is 0. The van der Waals surface area contributed by atoms with Gasteiger partial charge in [0.05, 0.1) is 0 Å². The minimum atomic E-state index is -0.125. The predicted octanol–water partition coefficient (Wildman–Crippen LogP) is 13.1. The van der Waals surface area contributed by atoms with E-state index in [1.165, 1.54) is 38.4 Å². The molecule has 11 rings (SSSR count). The van der Waals surface area contributed by atoms with Crippen molar-refractivity contribution < 1.29 is 9.47 Å². The summed E-state index contributed by atoms with van der Waals surface area (Å²) in [6.45, 7) is 4.54. The standard InChI is InChI=1S/C50H33N3O2/c1-50(2)41-15-9-8-14-39(41)40-28-45-46(29-42(40)50)55-44-27-34(23-25-43(44)54-45)30-16-19-33(20-17-30)48-51-47(32-11-4-3-5-12-32)52-49(53-48)36-22-24-38-35(26-36)21-18-31-10-6-7-13-37(31)38/h3-29H,1-2H3. The summed E-state index contributed by atoms with van der Waals surface area (Å²) in [6, 6.07) is 56.7. The van der Waals surface area contributed by atoms with Crippen LogP contribution in [-0.4, -0.2) is 15.0 Å². The first kappa shape index (κ1) is 31.4. The zero-order valence-corrected chi connectivity index (χ0v) is 30.2. The van der Waals surface area contributed by atoms with Gasteiger partial charge in [-0.15, -0.1) is 0 Å². The molecule has 0 atom stereocenters. The van der Waals surface area contributed by atoms with E-state index < -0.39 is 0 Å². The summed E-state index contributed by atoms with van der Waals surface area (Å²) in [5, 5.41) is 4.80. The van der Waals surface area contributed by atoms with Gasteiger partial charge in [-0.25, -0.2) is 15.0 Å². The van der Waals surface area contributed by atoms with Crippen LogP contribution in [0.25, 0.3) is 78.0 Å². The van der Waals surface area contributed by atoms with E-state index in [-0.39, 0.29) is 5.41 Å². The number of rotatable bonds is 4. The summed E-state index contributed by atoms with van der Waals surface area (Å²) >= 11 is 0. The van der Waals surface area contributed by atoms with Crippen LogP contribution < -0.4 is 9.47 Å². The van der Waals surface area contributed by atoms with Gasteiger partial charge in [0.2, 0.25) is 0 Å². The average molecular weight is 708 g/mol. The monoisotopic (exact) mass is 707 g/mol. The fourth-order valence-corrected chi connectivity index (χ4v) is 8.27. The number of aromatic nitrogens is 3. The first-order chi connectivity index (χ1) is 27.0. The van der Waals surface area contributed by atoms with Crippen molar-refractivity contribution in [2.75, 3.05) is 0 Å². The van der Waals surface area contributed by atoms with Crippen LogP contribution in [0.15, 0.2) is 164 Å². The van der Waals surface area contributed by atoms with Gasteiger partial charge in [-0.3, -0.25) is 0 Å². The Morgan fingerprint density at radius 1 is 0.364 bits per heavy atom. The summed E-state index contributed by atoms with van der Waals surface area (Å²) in [4.78, 5) is 15.0. The van der Waals surface area contributed by atoms with Gasteiger partial charge in [0, 0.05) is 22.1 Å². The van der Waals surface area contributed by atoms with Crippen LogP contribution >= 0.6 is 0 Å². The fraction of sp³-hybridized carbons (Fsp3) is 0.0600. The summed E-state index contributed by atoms with van der Waals surface area (Å²) in [7, 11) is 0. The summed E-state index contributed by atoms with van der Waals surface area (Å²) in [6.07, 6.45) is 0. The molecule has 0 amide bonds. The topological polar surface area (TPSA) is 57.1 Å². The summed E-state index contributed by atoms with van der Waals surface area (Å²) < 4.78 is 13.0. The first-order valence-electron chi connectivity index (χ1n) is 18.6. The third-order valence-electron chi connectivity index (χ3n) is 11.2. The molecule has 0 radical (unpaired) electrons. The van der Waals surface area contributed by atoms with Gasteiger partial charge in [0.15, 0.2) is 40.5 Å². The van der Waals surface area contributed by atoms with Crippen molar-refractivity contribution in [3.8, 4) is 79.4 Å². The molecule has 5 heteroatoms. The molecular weight excluding hydrogens is 675 g/mol. The predicted molar refractivity (Wildman–Crippen MR) is 221 cm³/mol. The summed E-state index contributed by atoms with van der Waals surface area (Å²) in [5.74, 6) is 4.75. The van der Waals surface area contributed by atoms with Gasteiger partial charge in [-0.1, -0.05) is 147 Å². The smallest absolute Gasteiger partial charge is 0.170 e.